The second kappa shape index (κ2) is 11.4. The summed E-state index contributed by atoms with van der Waals surface area (Å²) < 4.78 is 19.0. The number of amides is 2. The number of halogens is 1. The van der Waals surface area contributed by atoms with Gasteiger partial charge in [-0.1, -0.05) is 49.4 Å². The van der Waals surface area contributed by atoms with Crippen molar-refractivity contribution in [2.45, 2.75) is 44.3 Å². The average molecular weight is 516 g/mol. The summed E-state index contributed by atoms with van der Waals surface area (Å²) >= 11 is 0. The van der Waals surface area contributed by atoms with E-state index in [1.165, 1.54) is 12.1 Å². The molecule has 6 nitrogen and oxygen atoms in total. The molecule has 0 spiro atoms. The third kappa shape index (κ3) is 5.16. The van der Waals surface area contributed by atoms with Crippen LogP contribution in [-0.4, -0.2) is 54.4 Å². The molecule has 0 aliphatic carbocycles. The highest BCUT2D eigenvalue weighted by Gasteiger charge is 2.44. The molecule has 3 atom stereocenters. The Morgan fingerprint density at radius 1 is 1.05 bits per heavy atom. The van der Waals surface area contributed by atoms with Crippen molar-refractivity contribution < 1.29 is 18.7 Å². The molecule has 0 radical (unpaired) electrons. The first-order valence-electron chi connectivity index (χ1n) is 13.3. The largest absolute Gasteiger partial charge is 0.497 e. The lowest BCUT2D eigenvalue weighted by Crippen LogP contribution is -2.48. The molecule has 2 heterocycles. The molecule has 0 saturated carbocycles. The minimum absolute atomic E-state index is 0.0992. The fourth-order valence-electron chi connectivity index (χ4n) is 5.88. The molecule has 2 aliphatic heterocycles. The van der Waals surface area contributed by atoms with Crippen LogP contribution in [0, 0.1) is 5.82 Å². The summed E-state index contributed by atoms with van der Waals surface area (Å²) in [6.45, 7) is 4.99. The van der Waals surface area contributed by atoms with E-state index in [0.717, 1.165) is 42.6 Å². The Morgan fingerprint density at radius 3 is 2.50 bits per heavy atom. The molecule has 2 aliphatic rings. The van der Waals surface area contributed by atoms with Crippen molar-refractivity contribution in [3.63, 3.8) is 0 Å². The third-order valence-corrected chi connectivity index (χ3v) is 7.86. The number of benzene rings is 3. The Bertz CT molecular complexity index is 1280. The predicted octanol–water partition coefficient (Wildman–Crippen LogP) is 4.92. The molecule has 2 amide bonds. The Balaban J connectivity index is 1.55. The number of nitrogens with zero attached hydrogens (tertiary/aromatic N) is 2. The number of carbonyl (C=O) groups is 2. The van der Waals surface area contributed by atoms with E-state index in [0.29, 0.717) is 23.9 Å². The molecular weight excluding hydrogens is 481 g/mol. The van der Waals surface area contributed by atoms with Gasteiger partial charge in [0.25, 0.3) is 5.91 Å². The lowest BCUT2D eigenvalue weighted by Gasteiger charge is -2.42. The van der Waals surface area contributed by atoms with Crippen LogP contribution in [0.2, 0.25) is 0 Å². The van der Waals surface area contributed by atoms with Crippen molar-refractivity contribution in [3.05, 3.63) is 101 Å². The number of hydrogen-bond acceptors (Lipinski definition) is 4. The highest BCUT2D eigenvalue weighted by Crippen LogP contribution is 2.44. The van der Waals surface area contributed by atoms with Gasteiger partial charge in [-0.05, 0) is 73.0 Å². The van der Waals surface area contributed by atoms with Crippen molar-refractivity contribution in [1.82, 2.24) is 15.1 Å². The number of fused-ring (bicyclic) bond motifs is 1. The third-order valence-electron chi connectivity index (χ3n) is 7.86. The van der Waals surface area contributed by atoms with E-state index in [1.54, 1.807) is 30.2 Å². The van der Waals surface area contributed by atoms with Crippen molar-refractivity contribution >= 4 is 11.8 Å². The minimum atomic E-state index is -0.603. The Labute approximate surface area is 223 Å². The van der Waals surface area contributed by atoms with Gasteiger partial charge in [0.1, 0.15) is 11.6 Å². The summed E-state index contributed by atoms with van der Waals surface area (Å²) in [6, 6.07) is 20.8. The summed E-state index contributed by atoms with van der Waals surface area (Å²) in [5.41, 5.74) is 2.88. The van der Waals surface area contributed by atoms with Crippen LogP contribution < -0.4 is 10.1 Å². The number of ether oxygens (including phenoxy) is 1. The summed E-state index contributed by atoms with van der Waals surface area (Å²) in [7, 11) is 1.61. The minimum Gasteiger partial charge on any atom is -0.497 e. The molecule has 1 saturated heterocycles. The standard InChI is InChI=1S/C31H34FN3O3/c1-3-34-18-6-7-24(34)19-33-30(36)28-26-8-4-5-9-27(26)31(37)35(20-21-10-14-23(32)15-11-21)29(28)22-12-16-25(38-2)17-13-22/h4-5,8-17,24,28-29H,3,6-7,18-20H2,1-2H3,(H,33,36)/t24-,28+,29+/m1/s1. The molecule has 0 aromatic heterocycles. The van der Waals surface area contributed by atoms with Crippen LogP contribution in [0.3, 0.4) is 0 Å². The molecule has 1 N–H and O–H groups in total. The zero-order valence-electron chi connectivity index (χ0n) is 21.9. The van der Waals surface area contributed by atoms with Crippen LogP contribution in [0.1, 0.15) is 58.8 Å². The van der Waals surface area contributed by atoms with Crippen LogP contribution in [0.5, 0.6) is 5.75 Å². The fourth-order valence-corrected chi connectivity index (χ4v) is 5.88. The predicted molar refractivity (Wildman–Crippen MR) is 144 cm³/mol. The van der Waals surface area contributed by atoms with Gasteiger partial charge in [0.05, 0.1) is 19.1 Å². The Morgan fingerprint density at radius 2 is 1.79 bits per heavy atom. The molecule has 3 aromatic carbocycles. The van der Waals surface area contributed by atoms with E-state index in [1.807, 2.05) is 42.5 Å². The van der Waals surface area contributed by atoms with E-state index in [-0.39, 0.29) is 24.2 Å². The topological polar surface area (TPSA) is 61.9 Å². The molecule has 7 heteroatoms. The zero-order valence-corrected chi connectivity index (χ0v) is 21.9. The normalized spacial score (nSPS) is 21.3. The van der Waals surface area contributed by atoms with Crippen LogP contribution >= 0.6 is 0 Å². The van der Waals surface area contributed by atoms with Crippen molar-refractivity contribution in [3.8, 4) is 5.75 Å². The number of methoxy groups -OCH3 is 1. The molecule has 5 rings (SSSR count). The number of nitrogens with one attached hydrogen (secondary N) is 1. The highest BCUT2D eigenvalue weighted by atomic mass is 19.1. The Hall–Kier alpha value is -3.71. The Kier molecular flexibility index (Phi) is 7.74. The SMILES string of the molecule is CCN1CCC[C@@H]1CNC(=O)[C@H]1c2ccccc2C(=O)N(Cc2ccc(F)cc2)[C@H]1c1ccc(OC)cc1. The molecule has 0 unspecified atom stereocenters. The van der Waals surface area contributed by atoms with Gasteiger partial charge in [0.2, 0.25) is 5.91 Å². The van der Waals surface area contributed by atoms with Gasteiger partial charge in [-0.25, -0.2) is 4.39 Å². The van der Waals surface area contributed by atoms with E-state index in [2.05, 4.69) is 17.1 Å². The molecule has 3 aromatic rings. The molecular formula is C31H34FN3O3. The molecule has 1 fully saturated rings. The average Bonchev–Trinajstić information content (AvgIpc) is 3.42. The van der Waals surface area contributed by atoms with Gasteiger partial charge in [0, 0.05) is 24.7 Å². The quantitative estimate of drug-likeness (QED) is 0.463. The van der Waals surface area contributed by atoms with Crippen molar-refractivity contribution in [2.24, 2.45) is 0 Å². The van der Waals surface area contributed by atoms with E-state index >= 15 is 0 Å². The van der Waals surface area contributed by atoms with Gasteiger partial charge in [-0.3, -0.25) is 14.5 Å². The first kappa shape index (κ1) is 25.9. The summed E-state index contributed by atoms with van der Waals surface area (Å²) in [5, 5.41) is 3.24. The number of rotatable bonds is 8. The number of hydrogen-bond donors (Lipinski definition) is 1. The highest BCUT2D eigenvalue weighted by molar-refractivity contribution is 6.01. The van der Waals surface area contributed by atoms with Crippen LogP contribution in [0.4, 0.5) is 4.39 Å². The number of likely N-dealkylation sites (N-methyl/N-ethyl adjacent to an activating group) is 1. The van der Waals surface area contributed by atoms with E-state index < -0.39 is 12.0 Å². The first-order valence-corrected chi connectivity index (χ1v) is 13.3. The second-order valence-corrected chi connectivity index (χ2v) is 10.0. The van der Waals surface area contributed by atoms with Gasteiger partial charge >= 0.3 is 0 Å². The zero-order chi connectivity index (χ0) is 26.6. The van der Waals surface area contributed by atoms with Crippen molar-refractivity contribution in [1.29, 1.82) is 0 Å². The van der Waals surface area contributed by atoms with Gasteiger partial charge in [-0.2, -0.15) is 0 Å². The smallest absolute Gasteiger partial charge is 0.255 e. The van der Waals surface area contributed by atoms with Crippen LogP contribution in [0.25, 0.3) is 0 Å². The maximum Gasteiger partial charge on any atom is 0.255 e. The maximum atomic E-state index is 14.0. The summed E-state index contributed by atoms with van der Waals surface area (Å²) in [6.07, 6.45) is 2.20. The summed E-state index contributed by atoms with van der Waals surface area (Å²) in [5.74, 6) is -0.487. The van der Waals surface area contributed by atoms with Gasteiger partial charge < -0.3 is 15.0 Å². The molecule has 0 bridgehead atoms. The van der Waals surface area contributed by atoms with Crippen LogP contribution in [-0.2, 0) is 11.3 Å². The van der Waals surface area contributed by atoms with Gasteiger partial charge in [0.15, 0.2) is 0 Å². The van der Waals surface area contributed by atoms with Crippen LogP contribution in [0.15, 0.2) is 72.8 Å². The number of likely N-dealkylation sites (tertiary alicyclic amines) is 1. The lowest BCUT2D eigenvalue weighted by molar-refractivity contribution is -0.124. The monoisotopic (exact) mass is 515 g/mol. The van der Waals surface area contributed by atoms with E-state index in [9.17, 15) is 14.0 Å². The lowest BCUT2D eigenvalue weighted by atomic mass is 9.79. The first-order chi connectivity index (χ1) is 18.5. The van der Waals surface area contributed by atoms with Crippen molar-refractivity contribution in [2.75, 3.05) is 26.7 Å². The second-order valence-electron chi connectivity index (χ2n) is 10.0. The molecule has 38 heavy (non-hydrogen) atoms. The summed E-state index contributed by atoms with van der Waals surface area (Å²) in [4.78, 5) is 32.1. The fraction of sp³-hybridized carbons (Fsp3) is 0.355. The number of carbonyl (C=O) groups excluding carboxylic acids is 2. The molecule has 198 valence electrons. The van der Waals surface area contributed by atoms with E-state index in [4.69, 9.17) is 4.74 Å². The maximum absolute atomic E-state index is 14.0. The van der Waals surface area contributed by atoms with Gasteiger partial charge in [-0.15, -0.1) is 0 Å².